The van der Waals surface area contributed by atoms with E-state index in [4.69, 9.17) is 0 Å². The quantitative estimate of drug-likeness (QED) is 0.0308. The zero-order valence-electron chi connectivity index (χ0n) is 55.1. The Morgan fingerprint density at radius 1 is 0.296 bits per heavy atom. The normalized spacial score (nSPS) is 13.5. The highest BCUT2D eigenvalue weighted by molar-refractivity contribution is 5.80. The van der Waals surface area contributed by atoms with Crippen LogP contribution in [0.3, 0.4) is 0 Å². The van der Waals surface area contributed by atoms with E-state index >= 15 is 0 Å². The van der Waals surface area contributed by atoms with Crippen molar-refractivity contribution in [1.29, 1.82) is 0 Å². The van der Waals surface area contributed by atoms with Gasteiger partial charge in [0.2, 0.25) is 5.91 Å². The lowest BCUT2D eigenvalue weighted by atomic mass is 10.00. The number of amides is 1. The minimum atomic E-state index is -1.29. The average Bonchev–Trinajstić information content (AvgIpc) is 3.47. The number of nitrogens with one attached hydrogen (secondary N) is 1. The van der Waals surface area contributed by atoms with E-state index in [1.165, 1.54) is 347 Å². The van der Waals surface area contributed by atoms with Crippen LogP contribution >= 0.6 is 0 Å². The minimum Gasteiger partial charge on any atom is -0.394 e. The molecular weight excluding hydrogens is 995 g/mol. The molecule has 0 aromatic rings. The predicted molar refractivity (Wildman–Crippen MR) is 358 cm³/mol. The molecule has 0 aliphatic rings. The van der Waals surface area contributed by atoms with Gasteiger partial charge in [-0.25, -0.2) is 0 Å². The first-order valence-electron chi connectivity index (χ1n) is 37.2. The van der Waals surface area contributed by atoms with Gasteiger partial charge in [-0.2, -0.15) is 0 Å². The van der Waals surface area contributed by atoms with Crippen LogP contribution in [-0.2, 0) is 4.79 Å². The largest absolute Gasteiger partial charge is 0.394 e. The molecule has 81 heavy (non-hydrogen) atoms. The van der Waals surface area contributed by atoms with Gasteiger partial charge in [0.15, 0.2) is 0 Å². The molecule has 1 amide bonds. The third-order valence-electron chi connectivity index (χ3n) is 17.9. The number of aliphatic hydroxyl groups excluding tert-OH is 4. The molecule has 0 rings (SSSR count). The molecule has 0 fully saturated rings. The summed E-state index contributed by atoms with van der Waals surface area (Å²) in [6.45, 7) is 4.10. The molecule has 0 bridgehead atoms. The maximum absolute atomic E-state index is 12.7. The summed E-state index contributed by atoms with van der Waals surface area (Å²) >= 11 is 0. The van der Waals surface area contributed by atoms with E-state index in [-0.39, 0.29) is 0 Å². The van der Waals surface area contributed by atoms with Crippen molar-refractivity contribution in [2.45, 2.75) is 443 Å². The first-order valence-corrected chi connectivity index (χ1v) is 37.2. The van der Waals surface area contributed by atoms with E-state index in [1.807, 2.05) is 0 Å². The van der Waals surface area contributed by atoms with Gasteiger partial charge in [-0.05, 0) is 51.4 Å². The molecule has 4 atom stereocenters. The van der Waals surface area contributed by atoms with Gasteiger partial charge in [-0.15, -0.1) is 0 Å². The SMILES string of the molecule is CCCCCCCCCCCCCCCCCCCC/C=C/CC/C=C/CCCC(O)C(O)C(CO)NC(=O)C(O)CCCCCCCCCCCCCCCCCCCCCCCCCCCCCCCCCCCCCCCC. The lowest BCUT2D eigenvalue weighted by molar-refractivity contribution is -0.132. The predicted octanol–water partition coefficient (Wildman–Crippen LogP) is 23.3. The summed E-state index contributed by atoms with van der Waals surface area (Å²) in [5.74, 6) is -0.589. The summed E-state index contributed by atoms with van der Waals surface area (Å²) in [5.41, 5.74) is 0. The summed E-state index contributed by atoms with van der Waals surface area (Å²) < 4.78 is 0. The molecule has 5 N–H and O–H groups in total. The molecule has 6 heteroatoms. The van der Waals surface area contributed by atoms with Crippen LogP contribution in [0.25, 0.3) is 0 Å². The highest BCUT2D eigenvalue weighted by Crippen LogP contribution is 2.20. The lowest BCUT2D eigenvalue weighted by Crippen LogP contribution is -2.53. The summed E-state index contributed by atoms with van der Waals surface area (Å²) in [4.78, 5) is 12.7. The van der Waals surface area contributed by atoms with E-state index in [0.29, 0.717) is 19.3 Å². The summed E-state index contributed by atoms with van der Waals surface area (Å²) in [7, 11) is 0. The molecule has 0 radical (unpaired) electrons. The van der Waals surface area contributed by atoms with Crippen molar-refractivity contribution >= 4 is 5.91 Å². The van der Waals surface area contributed by atoms with Crippen LogP contribution in [0.5, 0.6) is 0 Å². The summed E-state index contributed by atoms with van der Waals surface area (Å²) in [6.07, 6.45) is 89.1. The number of unbranched alkanes of at least 4 members (excludes halogenated alkanes) is 57. The molecule has 6 nitrogen and oxygen atoms in total. The van der Waals surface area contributed by atoms with Crippen LogP contribution in [0, 0.1) is 0 Å². The second-order valence-electron chi connectivity index (χ2n) is 26.0. The molecule has 0 aromatic carbocycles. The molecule has 0 aromatic heterocycles. The number of carbonyl (C=O) groups excluding carboxylic acids is 1. The second-order valence-corrected chi connectivity index (χ2v) is 26.0. The highest BCUT2D eigenvalue weighted by atomic mass is 16.3. The zero-order valence-corrected chi connectivity index (χ0v) is 55.1. The van der Waals surface area contributed by atoms with E-state index in [9.17, 15) is 25.2 Å². The highest BCUT2D eigenvalue weighted by Gasteiger charge is 2.28. The van der Waals surface area contributed by atoms with Crippen molar-refractivity contribution in [2.24, 2.45) is 0 Å². The van der Waals surface area contributed by atoms with Crippen LogP contribution < -0.4 is 5.32 Å². The molecule has 0 aliphatic carbocycles. The van der Waals surface area contributed by atoms with Crippen molar-refractivity contribution in [3.63, 3.8) is 0 Å². The Hall–Kier alpha value is -1.21. The average molecular weight is 1140 g/mol. The Balaban J connectivity index is 3.52. The Bertz CT molecular complexity index is 1240. The van der Waals surface area contributed by atoms with Gasteiger partial charge in [0.25, 0.3) is 0 Å². The van der Waals surface area contributed by atoms with Crippen LogP contribution in [-0.4, -0.2) is 57.3 Å². The number of hydrogen-bond donors (Lipinski definition) is 5. The molecule has 0 heterocycles. The van der Waals surface area contributed by atoms with Crippen LogP contribution in [0.1, 0.15) is 418 Å². The topological polar surface area (TPSA) is 110 Å². The second kappa shape index (κ2) is 69.6. The van der Waals surface area contributed by atoms with Crippen molar-refractivity contribution < 1.29 is 25.2 Å². The Morgan fingerprint density at radius 2 is 0.519 bits per heavy atom. The van der Waals surface area contributed by atoms with Gasteiger partial charge >= 0.3 is 0 Å². The molecule has 0 saturated heterocycles. The Kier molecular flexibility index (Phi) is 68.5. The van der Waals surface area contributed by atoms with Gasteiger partial charge in [-0.1, -0.05) is 391 Å². The van der Waals surface area contributed by atoms with Crippen LogP contribution in [0.15, 0.2) is 24.3 Å². The lowest BCUT2D eigenvalue weighted by Gasteiger charge is -2.27. The van der Waals surface area contributed by atoms with E-state index < -0.39 is 36.9 Å². The molecule has 0 saturated carbocycles. The Labute approximate surface area is 507 Å². The Morgan fingerprint density at radius 3 is 0.778 bits per heavy atom. The number of hydrogen-bond acceptors (Lipinski definition) is 5. The number of aliphatic hydroxyl groups is 4. The summed E-state index contributed by atoms with van der Waals surface area (Å²) in [5, 5.41) is 44.2. The molecule has 0 spiro atoms. The fourth-order valence-corrected chi connectivity index (χ4v) is 12.1. The van der Waals surface area contributed by atoms with Gasteiger partial charge in [-0.3, -0.25) is 4.79 Å². The van der Waals surface area contributed by atoms with Gasteiger partial charge < -0.3 is 25.7 Å². The fraction of sp³-hybridized carbons (Fsp3) is 0.933. The van der Waals surface area contributed by atoms with E-state index in [2.05, 4.69) is 43.5 Å². The maximum atomic E-state index is 12.7. The molecular formula is C75H147NO5. The smallest absolute Gasteiger partial charge is 0.249 e. The number of rotatable bonds is 70. The minimum absolute atomic E-state index is 0.365. The summed E-state index contributed by atoms with van der Waals surface area (Å²) in [6, 6.07) is -1.01. The van der Waals surface area contributed by atoms with Gasteiger partial charge in [0.1, 0.15) is 12.2 Å². The third kappa shape index (κ3) is 63.1. The number of carbonyl (C=O) groups is 1. The number of allylic oxidation sites excluding steroid dienone is 4. The van der Waals surface area contributed by atoms with Crippen molar-refractivity contribution in [1.82, 2.24) is 5.32 Å². The van der Waals surface area contributed by atoms with Crippen molar-refractivity contribution in [2.75, 3.05) is 6.61 Å². The molecule has 482 valence electrons. The fourth-order valence-electron chi connectivity index (χ4n) is 12.1. The van der Waals surface area contributed by atoms with Crippen LogP contribution in [0.2, 0.25) is 0 Å². The standard InChI is InChI=1S/C75H147NO5/c1-3-5-7-9-11-13-15-17-19-21-23-25-27-29-31-32-33-34-35-36-37-38-39-40-41-43-45-47-49-51-53-55-57-59-61-63-65-67-69-73(79)75(81)76-71(70-77)74(80)72(78)68-66-64-62-60-58-56-54-52-50-48-46-44-42-30-28-26-24-22-20-18-16-14-12-10-8-6-4-2/h52,54,60,62,71-74,77-80H,3-51,53,55-59,61,63-70H2,1-2H3,(H,76,81)/b54-52+,62-60+. The third-order valence-corrected chi connectivity index (χ3v) is 17.9. The molecule has 4 unspecified atom stereocenters. The maximum Gasteiger partial charge on any atom is 0.249 e. The van der Waals surface area contributed by atoms with E-state index in [0.717, 1.165) is 38.5 Å². The van der Waals surface area contributed by atoms with Gasteiger partial charge in [0, 0.05) is 0 Å². The van der Waals surface area contributed by atoms with Crippen molar-refractivity contribution in [3.05, 3.63) is 24.3 Å². The van der Waals surface area contributed by atoms with Gasteiger partial charge in [0.05, 0.1) is 18.8 Å². The first kappa shape index (κ1) is 79.8. The van der Waals surface area contributed by atoms with Crippen LogP contribution in [0.4, 0.5) is 0 Å². The molecule has 0 aliphatic heterocycles. The monoisotopic (exact) mass is 1140 g/mol. The first-order chi connectivity index (χ1) is 40.0. The van der Waals surface area contributed by atoms with Crippen molar-refractivity contribution in [3.8, 4) is 0 Å². The zero-order chi connectivity index (χ0) is 58.7. The van der Waals surface area contributed by atoms with E-state index in [1.54, 1.807) is 0 Å².